The van der Waals surface area contributed by atoms with Gasteiger partial charge in [0.25, 0.3) is 5.91 Å². The van der Waals surface area contributed by atoms with Gasteiger partial charge in [-0.2, -0.15) is 10.4 Å². The van der Waals surface area contributed by atoms with Gasteiger partial charge in [0, 0.05) is 24.9 Å². The molecule has 1 saturated heterocycles. The predicted molar refractivity (Wildman–Crippen MR) is 86.3 cm³/mol. The number of carbonyl (C=O) groups excluding carboxylic acids is 1. The quantitative estimate of drug-likeness (QED) is 0.936. The van der Waals surface area contributed by atoms with Gasteiger partial charge in [0.05, 0.1) is 17.3 Å². The van der Waals surface area contributed by atoms with Gasteiger partial charge in [0.1, 0.15) is 17.1 Å². The van der Waals surface area contributed by atoms with E-state index in [0.29, 0.717) is 17.0 Å². The molecule has 2 atom stereocenters. The molecule has 0 aliphatic carbocycles. The molecule has 0 aromatic carbocycles. The summed E-state index contributed by atoms with van der Waals surface area (Å²) in [7, 11) is 1.90. The van der Waals surface area contributed by atoms with Crippen molar-refractivity contribution >= 4 is 17.2 Å². The summed E-state index contributed by atoms with van der Waals surface area (Å²) >= 11 is 1.28. The Kier molecular flexibility index (Phi) is 4.20. The van der Waals surface area contributed by atoms with Gasteiger partial charge in [0.2, 0.25) is 0 Å². The molecule has 2 aromatic heterocycles. The number of carbonyl (C=O) groups is 1. The number of ether oxygens (including phenoxy) is 1. The van der Waals surface area contributed by atoms with Crippen LogP contribution < -0.4 is 5.32 Å². The number of amides is 1. The molecule has 3 rings (SSSR count). The standard InChI is InChI=1S/C16H18N4O2S/c1-9-13(10(2)20(3)19-9)14-12(4-6-22-14)18-16(21)15-11(8-17)5-7-23-15/h5,7,12,14H,4,6H2,1-3H3,(H,18,21)/t12-,14-/m0/s1. The fourth-order valence-electron chi connectivity index (χ4n) is 3.03. The number of aryl methyl sites for hydroxylation is 2. The lowest BCUT2D eigenvalue weighted by molar-refractivity contribution is 0.0820. The molecule has 2 aromatic rings. The van der Waals surface area contributed by atoms with E-state index in [1.54, 1.807) is 11.4 Å². The molecule has 0 radical (unpaired) electrons. The third kappa shape index (κ3) is 2.76. The molecule has 3 heterocycles. The van der Waals surface area contributed by atoms with Crippen LogP contribution in [0.15, 0.2) is 11.4 Å². The molecular formula is C16H18N4O2S. The summed E-state index contributed by atoms with van der Waals surface area (Å²) in [6.07, 6.45) is 0.551. The lowest BCUT2D eigenvalue weighted by Gasteiger charge is -2.20. The van der Waals surface area contributed by atoms with E-state index in [0.717, 1.165) is 23.4 Å². The smallest absolute Gasteiger partial charge is 0.263 e. The van der Waals surface area contributed by atoms with Crippen molar-refractivity contribution in [2.75, 3.05) is 6.61 Å². The molecule has 6 nitrogen and oxygen atoms in total. The van der Waals surface area contributed by atoms with Crippen molar-refractivity contribution in [3.8, 4) is 6.07 Å². The van der Waals surface area contributed by atoms with Crippen LogP contribution in [0.3, 0.4) is 0 Å². The molecule has 1 aliphatic rings. The average molecular weight is 330 g/mol. The summed E-state index contributed by atoms with van der Waals surface area (Å²) < 4.78 is 7.70. The first-order valence-electron chi connectivity index (χ1n) is 7.43. The number of nitrogens with zero attached hydrogens (tertiary/aromatic N) is 3. The summed E-state index contributed by atoms with van der Waals surface area (Å²) in [4.78, 5) is 12.9. The van der Waals surface area contributed by atoms with E-state index in [1.165, 1.54) is 11.3 Å². The Labute approximate surface area is 138 Å². The highest BCUT2D eigenvalue weighted by Gasteiger charge is 2.35. The summed E-state index contributed by atoms with van der Waals surface area (Å²) in [6.45, 7) is 4.55. The van der Waals surface area contributed by atoms with Crippen LogP contribution in [-0.4, -0.2) is 28.3 Å². The highest BCUT2D eigenvalue weighted by Crippen LogP contribution is 2.33. The molecule has 1 aliphatic heterocycles. The molecule has 0 unspecified atom stereocenters. The van der Waals surface area contributed by atoms with Crippen LogP contribution in [0.1, 0.15) is 44.7 Å². The Morgan fingerprint density at radius 3 is 3.00 bits per heavy atom. The molecule has 7 heteroatoms. The molecule has 1 fully saturated rings. The van der Waals surface area contributed by atoms with Crippen LogP contribution in [-0.2, 0) is 11.8 Å². The van der Waals surface area contributed by atoms with E-state index < -0.39 is 0 Å². The molecule has 0 bridgehead atoms. The zero-order valence-electron chi connectivity index (χ0n) is 13.3. The zero-order valence-corrected chi connectivity index (χ0v) is 14.1. The zero-order chi connectivity index (χ0) is 16.6. The fourth-order valence-corrected chi connectivity index (χ4v) is 3.78. The number of thiophene rings is 1. The monoisotopic (exact) mass is 330 g/mol. The third-order valence-corrected chi connectivity index (χ3v) is 5.16. The van der Waals surface area contributed by atoms with Crippen LogP contribution in [0.4, 0.5) is 0 Å². The maximum absolute atomic E-state index is 12.5. The molecule has 0 spiro atoms. The largest absolute Gasteiger partial charge is 0.371 e. The number of aromatic nitrogens is 2. The maximum atomic E-state index is 12.5. The molecule has 0 saturated carbocycles. The number of rotatable bonds is 3. The van der Waals surface area contributed by atoms with Crippen molar-refractivity contribution in [3.63, 3.8) is 0 Å². The minimum absolute atomic E-state index is 0.113. The fraction of sp³-hybridized carbons (Fsp3) is 0.438. The summed E-state index contributed by atoms with van der Waals surface area (Å²) in [5.41, 5.74) is 3.42. The number of hydrogen-bond donors (Lipinski definition) is 1. The van der Waals surface area contributed by atoms with Gasteiger partial charge in [-0.05, 0) is 31.7 Å². The second-order valence-corrected chi connectivity index (χ2v) is 6.56. The molecule has 1 amide bonds. The Bertz CT molecular complexity index is 787. The van der Waals surface area contributed by atoms with Gasteiger partial charge in [0.15, 0.2) is 0 Å². The van der Waals surface area contributed by atoms with Crippen molar-refractivity contribution in [2.45, 2.75) is 32.4 Å². The normalized spacial score (nSPS) is 20.4. The van der Waals surface area contributed by atoms with E-state index >= 15 is 0 Å². The van der Waals surface area contributed by atoms with Crippen LogP contribution in [0, 0.1) is 25.2 Å². The maximum Gasteiger partial charge on any atom is 0.263 e. The van der Waals surface area contributed by atoms with E-state index in [9.17, 15) is 4.79 Å². The van der Waals surface area contributed by atoms with Crippen LogP contribution in [0.25, 0.3) is 0 Å². The van der Waals surface area contributed by atoms with E-state index in [1.807, 2.05) is 25.6 Å². The lowest BCUT2D eigenvalue weighted by atomic mass is 10.00. The second-order valence-electron chi connectivity index (χ2n) is 5.64. The molecule has 1 N–H and O–H groups in total. The van der Waals surface area contributed by atoms with Crippen molar-refractivity contribution in [1.82, 2.24) is 15.1 Å². The topological polar surface area (TPSA) is 79.9 Å². The van der Waals surface area contributed by atoms with Gasteiger partial charge in [-0.1, -0.05) is 0 Å². The van der Waals surface area contributed by atoms with Crippen molar-refractivity contribution < 1.29 is 9.53 Å². The van der Waals surface area contributed by atoms with Gasteiger partial charge in [-0.15, -0.1) is 11.3 Å². The van der Waals surface area contributed by atoms with Gasteiger partial charge in [-0.25, -0.2) is 0 Å². The van der Waals surface area contributed by atoms with Gasteiger partial charge in [-0.3, -0.25) is 9.48 Å². The van der Waals surface area contributed by atoms with Crippen LogP contribution in [0.5, 0.6) is 0 Å². The van der Waals surface area contributed by atoms with Gasteiger partial charge < -0.3 is 10.1 Å². The first-order chi connectivity index (χ1) is 11.0. The number of hydrogen-bond acceptors (Lipinski definition) is 5. The van der Waals surface area contributed by atoms with Crippen LogP contribution in [0.2, 0.25) is 0 Å². The lowest BCUT2D eigenvalue weighted by Crippen LogP contribution is -2.37. The average Bonchev–Trinajstić information content (AvgIpc) is 3.20. The summed E-state index contributed by atoms with van der Waals surface area (Å²) in [6, 6.07) is 3.60. The summed E-state index contributed by atoms with van der Waals surface area (Å²) in [5.74, 6) is -0.212. The molecular weight excluding hydrogens is 312 g/mol. The summed E-state index contributed by atoms with van der Waals surface area (Å²) in [5, 5.41) is 18.3. The molecule has 23 heavy (non-hydrogen) atoms. The highest BCUT2D eigenvalue weighted by atomic mass is 32.1. The highest BCUT2D eigenvalue weighted by molar-refractivity contribution is 7.12. The Balaban J connectivity index is 1.83. The van der Waals surface area contributed by atoms with Gasteiger partial charge >= 0.3 is 0 Å². The molecule has 120 valence electrons. The first-order valence-corrected chi connectivity index (χ1v) is 8.31. The first kappa shape index (κ1) is 15.7. The number of nitrogens with one attached hydrogen (secondary N) is 1. The van der Waals surface area contributed by atoms with E-state index in [4.69, 9.17) is 10.00 Å². The van der Waals surface area contributed by atoms with Crippen molar-refractivity contribution in [3.05, 3.63) is 38.8 Å². The second kappa shape index (κ2) is 6.14. The Morgan fingerprint density at radius 1 is 1.57 bits per heavy atom. The predicted octanol–water partition coefficient (Wildman–Crippen LogP) is 2.23. The minimum atomic E-state index is -0.212. The SMILES string of the molecule is Cc1nn(C)c(C)c1[C@H]1OCC[C@@H]1NC(=O)c1sccc1C#N. The van der Waals surface area contributed by atoms with E-state index in [-0.39, 0.29) is 18.1 Å². The van der Waals surface area contributed by atoms with Crippen molar-refractivity contribution in [2.24, 2.45) is 7.05 Å². The Hall–Kier alpha value is -2.17. The Morgan fingerprint density at radius 2 is 2.35 bits per heavy atom. The third-order valence-electron chi connectivity index (χ3n) is 4.25. The number of nitriles is 1. The van der Waals surface area contributed by atoms with E-state index in [2.05, 4.69) is 16.5 Å². The van der Waals surface area contributed by atoms with Crippen molar-refractivity contribution in [1.29, 1.82) is 5.26 Å². The minimum Gasteiger partial charge on any atom is -0.371 e. The van der Waals surface area contributed by atoms with Crippen LogP contribution >= 0.6 is 11.3 Å².